The van der Waals surface area contributed by atoms with Gasteiger partial charge >= 0.3 is 5.97 Å². The molecule has 0 bridgehead atoms. The smallest absolute Gasteiger partial charge is 0.330 e. The Morgan fingerprint density at radius 3 is 2.72 bits per heavy atom. The summed E-state index contributed by atoms with van der Waals surface area (Å²) in [6.07, 6.45) is 3.32. The molecule has 4 nitrogen and oxygen atoms in total. The highest BCUT2D eigenvalue weighted by Gasteiger charge is 2.35. The number of methoxy groups -OCH3 is 1. The lowest BCUT2D eigenvalue weighted by molar-refractivity contribution is -0.137. The fourth-order valence-electron chi connectivity index (χ4n) is 1.81. The lowest BCUT2D eigenvalue weighted by Crippen LogP contribution is -1.99. The summed E-state index contributed by atoms with van der Waals surface area (Å²) in [4.78, 5) is 11.1. The topological polar surface area (TPSA) is 57.5 Å². The van der Waals surface area contributed by atoms with E-state index in [-0.39, 0.29) is 18.1 Å². The zero-order valence-electron chi connectivity index (χ0n) is 10.6. The number of hydrogen-bond donors (Lipinski definition) is 1. The van der Waals surface area contributed by atoms with E-state index in [9.17, 15) is 4.79 Å². The Kier molecular flexibility index (Phi) is 3.99. The fraction of sp³-hybridized carbons (Fsp3) is 0.357. The minimum atomic E-state index is -0.292. The zero-order chi connectivity index (χ0) is 13.0. The molecule has 0 saturated carbocycles. The first-order valence-corrected chi connectivity index (χ1v) is 5.99. The Morgan fingerprint density at radius 2 is 2.11 bits per heavy atom. The number of esters is 1. The van der Waals surface area contributed by atoms with Gasteiger partial charge in [-0.15, -0.1) is 0 Å². The summed E-state index contributed by atoms with van der Waals surface area (Å²) in [5, 5.41) is 3.28. The van der Waals surface area contributed by atoms with E-state index in [2.05, 4.69) is 5.32 Å². The van der Waals surface area contributed by atoms with Gasteiger partial charge in [-0.25, -0.2) is 4.79 Å². The molecular weight excluding hydrogens is 230 g/mol. The third-order valence-electron chi connectivity index (χ3n) is 2.82. The van der Waals surface area contributed by atoms with Crippen molar-refractivity contribution in [2.24, 2.45) is 0 Å². The SMILES string of the molecule is CCOC(=O)/C=C/[C@H]1N[C@@H]1c1ccc(OC)cc1. The molecule has 1 fully saturated rings. The molecular formula is C14H17NO3. The molecule has 1 N–H and O–H groups in total. The number of nitrogens with one attached hydrogen (secondary N) is 1. The third-order valence-corrected chi connectivity index (χ3v) is 2.82. The van der Waals surface area contributed by atoms with Gasteiger partial charge in [-0.3, -0.25) is 0 Å². The molecule has 0 radical (unpaired) electrons. The lowest BCUT2D eigenvalue weighted by atomic mass is 10.1. The number of carbonyl (C=O) groups is 1. The highest BCUT2D eigenvalue weighted by atomic mass is 16.5. The summed E-state index contributed by atoms with van der Waals surface area (Å²) < 4.78 is 9.93. The first kappa shape index (κ1) is 12.6. The van der Waals surface area contributed by atoms with Gasteiger partial charge in [0.15, 0.2) is 0 Å². The molecule has 1 aliphatic heterocycles. The second kappa shape index (κ2) is 5.69. The molecule has 1 saturated heterocycles. The van der Waals surface area contributed by atoms with Crippen molar-refractivity contribution in [3.8, 4) is 5.75 Å². The maximum absolute atomic E-state index is 11.1. The van der Waals surface area contributed by atoms with Crippen LogP contribution in [0.15, 0.2) is 36.4 Å². The molecule has 4 heteroatoms. The summed E-state index contributed by atoms with van der Waals surface area (Å²) in [5.74, 6) is 0.553. The molecule has 96 valence electrons. The maximum atomic E-state index is 11.1. The van der Waals surface area contributed by atoms with Gasteiger partial charge in [-0.2, -0.15) is 0 Å². The number of rotatable bonds is 5. The number of ether oxygens (including phenoxy) is 2. The summed E-state index contributed by atoms with van der Waals surface area (Å²) in [6, 6.07) is 8.40. The third kappa shape index (κ3) is 3.11. The highest BCUT2D eigenvalue weighted by molar-refractivity contribution is 5.82. The molecule has 2 atom stereocenters. The molecule has 1 aromatic rings. The van der Waals surface area contributed by atoms with Crippen LogP contribution in [0.25, 0.3) is 0 Å². The molecule has 0 aromatic heterocycles. The molecule has 1 heterocycles. The van der Waals surface area contributed by atoms with Gasteiger partial charge in [0, 0.05) is 12.1 Å². The lowest BCUT2D eigenvalue weighted by Gasteiger charge is -2.00. The van der Waals surface area contributed by atoms with Crippen molar-refractivity contribution >= 4 is 5.97 Å². The average Bonchev–Trinajstić information content (AvgIpc) is 3.16. The predicted octanol–water partition coefficient (Wildman–Crippen LogP) is 1.83. The minimum Gasteiger partial charge on any atom is -0.497 e. The van der Waals surface area contributed by atoms with Gasteiger partial charge < -0.3 is 14.8 Å². The van der Waals surface area contributed by atoms with Gasteiger partial charge in [0.05, 0.1) is 19.8 Å². The molecule has 0 amide bonds. The molecule has 1 aliphatic rings. The standard InChI is InChI=1S/C14H17NO3/c1-3-18-13(16)9-8-12-14(15-12)10-4-6-11(17-2)7-5-10/h4-9,12,14-15H,3H2,1-2H3/b9-8+/t12-,14-/m1/s1. The summed E-state index contributed by atoms with van der Waals surface area (Å²) in [7, 11) is 1.65. The van der Waals surface area contributed by atoms with Crippen LogP contribution in [-0.4, -0.2) is 25.7 Å². The Balaban J connectivity index is 1.88. The quantitative estimate of drug-likeness (QED) is 0.490. The van der Waals surface area contributed by atoms with Crippen LogP contribution in [-0.2, 0) is 9.53 Å². The Hall–Kier alpha value is -1.81. The molecule has 18 heavy (non-hydrogen) atoms. The van der Waals surface area contributed by atoms with E-state index in [1.807, 2.05) is 30.3 Å². The first-order chi connectivity index (χ1) is 8.74. The van der Waals surface area contributed by atoms with E-state index in [1.54, 1.807) is 14.0 Å². The van der Waals surface area contributed by atoms with Gasteiger partial charge in [0.2, 0.25) is 0 Å². The number of benzene rings is 1. The summed E-state index contributed by atoms with van der Waals surface area (Å²) in [6.45, 7) is 2.20. The van der Waals surface area contributed by atoms with Crippen LogP contribution in [0.5, 0.6) is 5.75 Å². The van der Waals surface area contributed by atoms with Gasteiger partial charge in [0.1, 0.15) is 5.75 Å². The van der Waals surface area contributed by atoms with Crippen LogP contribution in [0.2, 0.25) is 0 Å². The van der Waals surface area contributed by atoms with E-state index < -0.39 is 0 Å². The Labute approximate surface area is 107 Å². The van der Waals surface area contributed by atoms with Crippen molar-refractivity contribution in [3.63, 3.8) is 0 Å². The van der Waals surface area contributed by atoms with Crippen LogP contribution >= 0.6 is 0 Å². The normalized spacial score (nSPS) is 21.9. The molecule has 0 unspecified atom stereocenters. The largest absolute Gasteiger partial charge is 0.497 e. The van der Waals surface area contributed by atoms with Crippen molar-refractivity contribution in [1.29, 1.82) is 0 Å². The van der Waals surface area contributed by atoms with E-state index in [0.717, 1.165) is 5.75 Å². The van der Waals surface area contributed by atoms with Crippen molar-refractivity contribution < 1.29 is 14.3 Å². The van der Waals surface area contributed by atoms with Gasteiger partial charge in [-0.1, -0.05) is 18.2 Å². The molecule has 0 spiro atoms. The Bertz CT molecular complexity index is 439. The van der Waals surface area contributed by atoms with Crippen LogP contribution in [0.3, 0.4) is 0 Å². The van der Waals surface area contributed by atoms with Crippen molar-refractivity contribution in [1.82, 2.24) is 5.32 Å². The van der Waals surface area contributed by atoms with Crippen molar-refractivity contribution in [2.75, 3.05) is 13.7 Å². The van der Waals surface area contributed by atoms with Gasteiger partial charge in [-0.05, 0) is 24.6 Å². The van der Waals surface area contributed by atoms with Crippen LogP contribution in [0.4, 0.5) is 0 Å². The highest BCUT2D eigenvalue weighted by Crippen LogP contribution is 2.31. The van der Waals surface area contributed by atoms with Crippen molar-refractivity contribution in [2.45, 2.75) is 19.0 Å². The molecule has 2 rings (SSSR count). The van der Waals surface area contributed by atoms with Crippen molar-refractivity contribution in [3.05, 3.63) is 42.0 Å². The maximum Gasteiger partial charge on any atom is 0.330 e. The second-order valence-corrected chi connectivity index (χ2v) is 4.05. The molecule has 1 aromatic carbocycles. The first-order valence-electron chi connectivity index (χ1n) is 5.99. The monoisotopic (exact) mass is 247 g/mol. The predicted molar refractivity (Wildman–Crippen MR) is 68.4 cm³/mol. The van der Waals surface area contributed by atoms with E-state index in [0.29, 0.717) is 6.61 Å². The number of carbonyl (C=O) groups excluding carboxylic acids is 1. The number of hydrogen-bond acceptors (Lipinski definition) is 4. The summed E-state index contributed by atoms with van der Waals surface area (Å²) in [5.41, 5.74) is 1.19. The molecule has 0 aliphatic carbocycles. The average molecular weight is 247 g/mol. The minimum absolute atomic E-state index is 0.211. The van der Waals surface area contributed by atoms with Crippen LogP contribution in [0.1, 0.15) is 18.5 Å². The summed E-state index contributed by atoms with van der Waals surface area (Å²) >= 11 is 0. The van der Waals surface area contributed by atoms with E-state index >= 15 is 0 Å². The van der Waals surface area contributed by atoms with E-state index in [4.69, 9.17) is 9.47 Å². The fourth-order valence-corrected chi connectivity index (χ4v) is 1.81. The zero-order valence-corrected chi connectivity index (χ0v) is 10.6. The Morgan fingerprint density at radius 1 is 1.39 bits per heavy atom. The van der Waals surface area contributed by atoms with E-state index in [1.165, 1.54) is 11.6 Å². The van der Waals surface area contributed by atoms with Crippen LogP contribution < -0.4 is 10.1 Å². The van der Waals surface area contributed by atoms with Crippen LogP contribution in [0, 0.1) is 0 Å². The second-order valence-electron chi connectivity index (χ2n) is 4.05. The van der Waals surface area contributed by atoms with Gasteiger partial charge in [0.25, 0.3) is 0 Å².